The lowest BCUT2D eigenvalue weighted by atomic mass is 10.1. The van der Waals surface area contributed by atoms with Crippen molar-refractivity contribution in [3.05, 3.63) is 0 Å². The highest BCUT2D eigenvalue weighted by molar-refractivity contribution is 5.90. The van der Waals surface area contributed by atoms with Gasteiger partial charge in [-0.25, -0.2) is 4.79 Å². The van der Waals surface area contributed by atoms with Gasteiger partial charge in [-0.2, -0.15) is 0 Å². The Balaban J connectivity index is 2.08. The largest absolute Gasteiger partial charge is 0.480 e. The summed E-state index contributed by atoms with van der Waals surface area (Å²) in [4.78, 5) is 35.5. The van der Waals surface area contributed by atoms with E-state index >= 15 is 0 Å². The molecule has 2 fully saturated rings. The van der Waals surface area contributed by atoms with Gasteiger partial charge in [0.25, 0.3) is 0 Å². The minimum absolute atomic E-state index is 0.0489. The van der Waals surface area contributed by atoms with E-state index in [0.29, 0.717) is 0 Å². The Morgan fingerprint density at radius 3 is 2.59 bits per heavy atom. The molecule has 1 amide bonds. The summed E-state index contributed by atoms with van der Waals surface area (Å²) in [5, 5.41) is 9.13. The molecule has 6 nitrogen and oxygen atoms in total. The van der Waals surface area contributed by atoms with Gasteiger partial charge in [-0.3, -0.25) is 9.59 Å². The van der Waals surface area contributed by atoms with E-state index in [4.69, 9.17) is 5.11 Å². The summed E-state index contributed by atoms with van der Waals surface area (Å²) in [5.74, 6) is -2.16. The molecule has 0 radical (unpaired) electrons. The summed E-state index contributed by atoms with van der Waals surface area (Å²) in [6, 6.07) is -0.767. The van der Waals surface area contributed by atoms with Crippen LogP contribution in [0.3, 0.4) is 0 Å². The van der Waals surface area contributed by atoms with Crippen LogP contribution < -0.4 is 0 Å². The van der Waals surface area contributed by atoms with Gasteiger partial charge in [0.2, 0.25) is 5.91 Å². The van der Waals surface area contributed by atoms with Gasteiger partial charge in [-0.05, 0) is 18.8 Å². The number of carboxylic acids is 1. The number of hydrogen-bond acceptors (Lipinski definition) is 4. The summed E-state index contributed by atoms with van der Waals surface area (Å²) < 4.78 is 4.58. The van der Waals surface area contributed by atoms with Gasteiger partial charge in [-0.15, -0.1) is 0 Å². The first kappa shape index (κ1) is 11.9. The summed E-state index contributed by atoms with van der Waals surface area (Å²) in [5.41, 5.74) is 0. The van der Waals surface area contributed by atoms with Crippen LogP contribution in [0.2, 0.25) is 0 Å². The van der Waals surface area contributed by atoms with Gasteiger partial charge < -0.3 is 14.7 Å². The predicted molar refractivity (Wildman–Crippen MR) is 56.0 cm³/mol. The number of rotatable bonds is 4. The zero-order chi connectivity index (χ0) is 12.6. The molecular formula is C11H15NO5. The Labute approximate surface area is 98.5 Å². The number of methoxy groups -OCH3 is 1. The summed E-state index contributed by atoms with van der Waals surface area (Å²) in [6.07, 6.45) is 1.73. The van der Waals surface area contributed by atoms with Crippen LogP contribution in [0.15, 0.2) is 0 Å². The maximum Gasteiger partial charge on any atom is 0.326 e. The number of amides is 1. The molecule has 1 N–H and O–H groups in total. The molecule has 2 atom stereocenters. The SMILES string of the molecule is COC(=O)C1CC(=O)N([C@H](C(=O)O)C2CC2)C1. The zero-order valence-electron chi connectivity index (χ0n) is 9.59. The normalized spacial score (nSPS) is 25.8. The zero-order valence-corrected chi connectivity index (χ0v) is 9.59. The molecule has 0 aromatic rings. The molecule has 2 rings (SSSR count). The van der Waals surface area contributed by atoms with Crippen LogP contribution >= 0.6 is 0 Å². The van der Waals surface area contributed by atoms with Gasteiger partial charge in [-0.1, -0.05) is 0 Å². The number of carbonyl (C=O) groups is 3. The fourth-order valence-electron chi connectivity index (χ4n) is 2.33. The molecule has 1 aliphatic heterocycles. The lowest BCUT2D eigenvalue weighted by Gasteiger charge is -2.24. The van der Waals surface area contributed by atoms with Crippen LogP contribution in [0.25, 0.3) is 0 Å². The van der Waals surface area contributed by atoms with E-state index in [-0.39, 0.29) is 24.8 Å². The van der Waals surface area contributed by atoms with Crippen molar-refractivity contribution in [1.82, 2.24) is 4.90 Å². The molecule has 1 aliphatic carbocycles. The van der Waals surface area contributed by atoms with Crippen molar-refractivity contribution in [1.29, 1.82) is 0 Å². The fourth-order valence-corrected chi connectivity index (χ4v) is 2.33. The van der Waals surface area contributed by atoms with E-state index in [1.165, 1.54) is 12.0 Å². The molecule has 1 heterocycles. The van der Waals surface area contributed by atoms with Crippen molar-refractivity contribution < 1.29 is 24.2 Å². The highest BCUT2D eigenvalue weighted by Crippen LogP contribution is 2.37. The van der Waals surface area contributed by atoms with Crippen LogP contribution in [0.4, 0.5) is 0 Å². The number of aliphatic carboxylic acids is 1. The third-order valence-electron chi connectivity index (χ3n) is 3.35. The van der Waals surface area contributed by atoms with Crippen LogP contribution in [0.1, 0.15) is 19.3 Å². The van der Waals surface area contributed by atoms with Gasteiger partial charge >= 0.3 is 11.9 Å². The summed E-state index contributed by atoms with van der Waals surface area (Å²) >= 11 is 0. The summed E-state index contributed by atoms with van der Waals surface area (Å²) in [6.45, 7) is 0.166. The van der Waals surface area contributed by atoms with Crippen molar-refractivity contribution in [2.24, 2.45) is 11.8 Å². The number of esters is 1. The number of nitrogens with zero attached hydrogens (tertiary/aromatic N) is 1. The third-order valence-corrected chi connectivity index (χ3v) is 3.35. The second-order valence-electron chi connectivity index (χ2n) is 4.59. The van der Waals surface area contributed by atoms with E-state index in [1.54, 1.807) is 0 Å². The topological polar surface area (TPSA) is 83.9 Å². The minimum Gasteiger partial charge on any atom is -0.480 e. The summed E-state index contributed by atoms with van der Waals surface area (Å²) in [7, 11) is 1.27. The fraction of sp³-hybridized carbons (Fsp3) is 0.727. The van der Waals surface area contributed by atoms with E-state index in [9.17, 15) is 14.4 Å². The average Bonchev–Trinajstić information content (AvgIpc) is 3.02. The maximum atomic E-state index is 11.7. The number of hydrogen-bond donors (Lipinski definition) is 1. The molecule has 17 heavy (non-hydrogen) atoms. The Morgan fingerprint density at radius 2 is 2.12 bits per heavy atom. The molecular weight excluding hydrogens is 226 g/mol. The van der Waals surface area contributed by atoms with Gasteiger partial charge in [0, 0.05) is 13.0 Å². The van der Waals surface area contributed by atoms with E-state index in [2.05, 4.69) is 4.74 Å². The minimum atomic E-state index is -0.980. The van der Waals surface area contributed by atoms with Gasteiger partial charge in [0.05, 0.1) is 13.0 Å². The Hall–Kier alpha value is -1.59. The number of likely N-dealkylation sites (tertiary alicyclic amines) is 1. The second kappa shape index (κ2) is 4.35. The predicted octanol–water partition coefficient (Wildman–Crippen LogP) is -0.129. The molecule has 0 spiro atoms. The highest BCUT2D eigenvalue weighted by Gasteiger charge is 2.47. The molecule has 0 bridgehead atoms. The van der Waals surface area contributed by atoms with E-state index in [1.807, 2.05) is 0 Å². The van der Waals surface area contributed by atoms with Crippen molar-refractivity contribution in [3.63, 3.8) is 0 Å². The molecule has 1 unspecified atom stereocenters. The maximum absolute atomic E-state index is 11.7. The first-order chi connectivity index (χ1) is 8.04. The van der Waals surface area contributed by atoms with E-state index < -0.39 is 23.9 Å². The smallest absolute Gasteiger partial charge is 0.326 e. The van der Waals surface area contributed by atoms with Crippen LogP contribution in [-0.4, -0.2) is 47.5 Å². The highest BCUT2D eigenvalue weighted by atomic mass is 16.5. The number of ether oxygens (including phenoxy) is 1. The Morgan fingerprint density at radius 1 is 1.47 bits per heavy atom. The van der Waals surface area contributed by atoms with Crippen molar-refractivity contribution in [3.8, 4) is 0 Å². The van der Waals surface area contributed by atoms with E-state index in [0.717, 1.165) is 12.8 Å². The average molecular weight is 241 g/mol. The second-order valence-corrected chi connectivity index (χ2v) is 4.59. The standard InChI is InChI=1S/C11H15NO5/c1-17-11(16)7-4-8(13)12(5-7)9(10(14)15)6-2-3-6/h6-7,9H,2-5H2,1H3,(H,14,15)/t7?,9-/m0/s1. The molecule has 0 aromatic heterocycles. The monoisotopic (exact) mass is 241 g/mol. The number of carbonyl (C=O) groups excluding carboxylic acids is 2. The molecule has 6 heteroatoms. The third kappa shape index (κ3) is 2.25. The van der Waals surface area contributed by atoms with Crippen molar-refractivity contribution in [2.45, 2.75) is 25.3 Å². The quantitative estimate of drug-likeness (QED) is 0.693. The van der Waals surface area contributed by atoms with Crippen LogP contribution in [0.5, 0.6) is 0 Å². The molecule has 1 saturated carbocycles. The first-order valence-electron chi connectivity index (χ1n) is 5.64. The molecule has 2 aliphatic rings. The van der Waals surface area contributed by atoms with Crippen molar-refractivity contribution >= 4 is 17.8 Å². The van der Waals surface area contributed by atoms with Crippen LogP contribution in [-0.2, 0) is 19.1 Å². The molecule has 1 saturated heterocycles. The van der Waals surface area contributed by atoms with Gasteiger partial charge in [0.15, 0.2) is 0 Å². The molecule has 94 valence electrons. The Bertz CT molecular complexity index is 363. The first-order valence-corrected chi connectivity index (χ1v) is 5.64. The van der Waals surface area contributed by atoms with Crippen molar-refractivity contribution in [2.75, 3.05) is 13.7 Å². The van der Waals surface area contributed by atoms with Crippen LogP contribution in [0, 0.1) is 11.8 Å². The van der Waals surface area contributed by atoms with Gasteiger partial charge in [0.1, 0.15) is 6.04 Å². The lowest BCUT2D eigenvalue weighted by molar-refractivity contribution is -0.149. The molecule has 0 aromatic carbocycles. The Kier molecular flexibility index (Phi) is 3.04. The number of carboxylic acid groups (broad SMARTS) is 1. The lowest BCUT2D eigenvalue weighted by Crippen LogP contribution is -2.44.